The zero-order valence-corrected chi connectivity index (χ0v) is 28.4. The van der Waals surface area contributed by atoms with Crippen LogP contribution in [0.25, 0.3) is 0 Å². The molecule has 0 radical (unpaired) electrons. The van der Waals surface area contributed by atoms with Gasteiger partial charge in [-0.3, -0.25) is 14.4 Å². The second-order valence-corrected chi connectivity index (χ2v) is 12.9. The first-order valence-electron chi connectivity index (χ1n) is 12.6. The molecular weight excluding hydrogens is 535 g/mol. The number of benzene rings is 1. The minimum Gasteiger partial charge on any atom is -0.481 e. The third kappa shape index (κ3) is 28.5. The molecule has 1 rings (SSSR count). The number of carboxylic acid groups (broad SMARTS) is 1. The Bertz CT molecular complexity index is 880. The third-order valence-corrected chi connectivity index (χ3v) is 5.81. The van der Waals surface area contributed by atoms with E-state index in [4.69, 9.17) is 33.6 Å². The van der Waals surface area contributed by atoms with Crippen LogP contribution in [0.2, 0.25) is 0 Å². The van der Waals surface area contributed by atoms with Gasteiger partial charge < -0.3 is 10.0 Å². The lowest BCUT2D eigenvalue weighted by atomic mass is 9.92. The average molecular weight is 588 g/mol. The maximum Gasteiger partial charge on any atom is 0.308 e. The molecule has 0 unspecified atom stereocenters. The van der Waals surface area contributed by atoms with Crippen molar-refractivity contribution < 1.29 is 19.5 Å². The molecule has 0 heterocycles. The number of nitrogens with zero attached hydrogens (tertiary/aromatic N) is 2. The maximum atomic E-state index is 10.5. The Labute approximate surface area is 248 Å². The number of hydrogen-bond donors (Lipinski definition) is 1. The van der Waals surface area contributed by atoms with E-state index in [1.54, 1.807) is 54.5 Å². The van der Waals surface area contributed by atoms with Gasteiger partial charge in [0.1, 0.15) is 10.9 Å². The summed E-state index contributed by atoms with van der Waals surface area (Å²) in [5, 5.41) is 16.1. The fourth-order valence-electron chi connectivity index (χ4n) is 1.42. The van der Waals surface area contributed by atoms with E-state index in [1.807, 2.05) is 41.7 Å². The molecule has 0 spiro atoms. The second kappa shape index (κ2) is 20.5. The number of halogens is 2. The molecular formula is C31H52Cl2N2O4. The molecule has 6 nitrogen and oxygen atoms in total. The number of carbonyl (C=O) groups excluding carboxylic acids is 2. The highest BCUT2D eigenvalue weighted by Crippen LogP contribution is 2.17. The highest BCUT2D eigenvalue weighted by molar-refractivity contribution is 6.64. The van der Waals surface area contributed by atoms with E-state index in [0.29, 0.717) is 0 Å². The summed E-state index contributed by atoms with van der Waals surface area (Å²) >= 11 is 11.3. The van der Waals surface area contributed by atoms with Gasteiger partial charge in [-0.15, -0.1) is 0 Å². The number of rotatable bonds is 3. The van der Waals surface area contributed by atoms with Gasteiger partial charge in [-0.25, -0.2) is 0 Å². The zero-order valence-electron chi connectivity index (χ0n) is 26.8. The maximum absolute atomic E-state index is 10.5. The molecule has 0 saturated carbocycles. The molecule has 0 aliphatic carbocycles. The van der Waals surface area contributed by atoms with Crippen LogP contribution in [-0.4, -0.2) is 34.0 Å². The standard InChI is InChI=1S/C13H18ClN.C6H12O.C5H9ClO.C5H10O2.C2H3N/c1-10(2)13(14)15(4)9-12-7-5-11(3)6-8-12;1-5(7)6(2,3)4;2*1-5(2,3)4(6)7;1-2-3/h5-8H,9H2,1-4H3;1-4H3;1-3H3;1-3H3,(H,6,7);1H3. The van der Waals surface area contributed by atoms with E-state index in [9.17, 15) is 14.4 Å². The van der Waals surface area contributed by atoms with Gasteiger partial charge in [0, 0.05) is 31.3 Å². The first kappa shape index (κ1) is 43.7. The molecule has 39 heavy (non-hydrogen) atoms. The largest absolute Gasteiger partial charge is 0.481 e. The van der Waals surface area contributed by atoms with Crippen molar-refractivity contribution in [2.75, 3.05) is 7.05 Å². The predicted molar refractivity (Wildman–Crippen MR) is 166 cm³/mol. The number of ketones is 1. The normalized spacial score (nSPS) is 10.2. The van der Waals surface area contributed by atoms with Crippen LogP contribution in [-0.2, 0) is 20.9 Å². The number of hydrogen-bond acceptors (Lipinski definition) is 5. The molecule has 224 valence electrons. The van der Waals surface area contributed by atoms with Gasteiger partial charge in [-0.05, 0) is 71.2 Å². The highest BCUT2D eigenvalue weighted by Gasteiger charge is 2.19. The molecule has 8 heteroatoms. The van der Waals surface area contributed by atoms with E-state index >= 15 is 0 Å². The number of aryl methyl sites for hydroxylation is 1. The van der Waals surface area contributed by atoms with Crippen molar-refractivity contribution in [2.24, 2.45) is 16.2 Å². The van der Waals surface area contributed by atoms with Gasteiger partial charge in [0.25, 0.3) is 0 Å². The lowest BCUT2D eigenvalue weighted by molar-refractivity contribution is -0.145. The second-order valence-electron chi connectivity index (χ2n) is 12.2. The lowest BCUT2D eigenvalue weighted by Gasteiger charge is -2.19. The number of nitriles is 1. The first-order chi connectivity index (χ1) is 17.2. The number of allylic oxidation sites excluding steroid dienone is 1. The quantitative estimate of drug-likeness (QED) is 0.280. The minimum absolute atomic E-state index is 0.139. The molecule has 0 fully saturated rings. The summed E-state index contributed by atoms with van der Waals surface area (Å²) in [4.78, 5) is 32.8. The van der Waals surface area contributed by atoms with Crippen molar-refractivity contribution in [3.05, 3.63) is 46.1 Å². The summed E-state index contributed by atoms with van der Waals surface area (Å²) in [6, 6.07) is 10.3. The van der Waals surface area contributed by atoms with Crippen LogP contribution in [0.5, 0.6) is 0 Å². The number of carbonyl (C=O) groups is 3. The fraction of sp³-hybridized carbons (Fsp3) is 0.613. The summed E-state index contributed by atoms with van der Waals surface area (Å²) in [5.74, 6) is -0.514. The molecule has 0 aromatic heterocycles. The van der Waals surface area contributed by atoms with E-state index in [2.05, 4.69) is 36.1 Å². The van der Waals surface area contributed by atoms with Crippen LogP contribution >= 0.6 is 23.2 Å². The molecule has 0 aliphatic rings. The zero-order chi connectivity index (χ0) is 32.4. The number of Topliss-reactive ketones (excluding diaryl/α,β-unsaturated/α-hetero) is 1. The van der Waals surface area contributed by atoms with Gasteiger partial charge in [-0.1, -0.05) is 83.0 Å². The fourth-order valence-corrected chi connectivity index (χ4v) is 1.48. The Morgan fingerprint density at radius 3 is 1.31 bits per heavy atom. The van der Waals surface area contributed by atoms with Crippen molar-refractivity contribution >= 4 is 40.2 Å². The smallest absolute Gasteiger partial charge is 0.308 e. The molecule has 1 aromatic carbocycles. The van der Waals surface area contributed by atoms with E-state index < -0.39 is 11.4 Å². The summed E-state index contributed by atoms with van der Waals surface area (Å²) in [7, 11) is 2.01. The Hall–Kier alpha value is -2.36. The van der Waals surface area contributed by atoms with Crippen LogP contribution in [0.15, 0.2) is 35.0 Å². The van der Waals surface area contributed by atoms with Crippen molar-refractivity contribution in [1.29, 1.82) is 5.26 Å². The average Bonchev–Trinajstić information content (AvgIpc) is 2.74. The topological polar surface area (TPSA) is 98.5 Å². The highest BCUT2D eigenvalue weighted by atomic mass is 35.5. The monoisotopic (exact) mass is 586 g/mol. The van der Waals surface area contributed by atoms with Crippen molar-refractivity contribution in [1.82, 2.24) is 4.90 Å². The van der Waals surface area contributed by atoms with Gasteiger partial charge in [0.2, 0.25) is 5.24 Å². The van der Waals surface area contributed by atoms with Crippen LogP contribution < -0.4 is 0 Å². The third-order valence-electron chi connectivity index (χ3n) is 4.58. The lowest BCUT2D eigenvalue weighted by Crippen LogP contribution is -2.18. The van der Waals surface area contributed by atoms with E-state index in [0.717, 1.165) is 17.3 Å². The predicted octanol–water partition coefficient (Wildman–Crippen LogP) is 8.98. The van der Waals surface area contributed by atoms with E-state index in [1.165, 1.54) is 18.1 Å². The molecule has 0 atom stereocenters. The first-order valence-corrected chi connectivity index (χ1v) is 13.4. The van der Waals surface area contributed by atoms with Crippen LogP contribution in [0.1, 0.15) is 101 Å². The van der Waals surface area contributed by atoms with Gasteiger partial charge >= 0.3 is 5.97 Å². The summed E-state index contributed by atoms with van der Waals surface area (Å²) < 4.78 is 0. The number of carboxylic acids is 1. The van der Waals surface area contributed by atoms with Gasteiger partial charge in [0.15, 0.2) is 0 Å². The Kier molecular flexibility index (Phi) is 23.0. The Morgan fingerprint density at radius 1 is 0.846 bits per heavy atom. The van der Waals surface area contributed by atoms with Crippen molar-refractivity contribution in [2.45, 2.75) is 103 Å². The Morgan fingerprint density at radius 2 is 1.13 bits per heavy atom. The molecule has 0 bridgehead atoms. The van der Waals surface area contributed by atoms with Crippen molar-refractivity contribution in [3.8, 4) is 6.07 Å². The molecule has 0 amide bonds. The van der Waals surface area contributed by atoms with Crippen LogP contribution in [0.3, 0.4) is 0 Å². The Balaban J connectivity index is -0.000000218. The molecule has 1 N–H and O–H groups in total. The summed E-state index contributed by atoms with van der Waals surface area (Å²) in [5.41, 5.74) is 2.62. The SMILES string of the molecule is CC#N.CC(=O)C(C)(C)C.CC(C)(C)C(=O)Cl.CC(C)(C)C(=O)O.CC(C)=C(Cl)N(C)Cc1ccc(C)cc1. The summed E-state index contributed by atoms with van der Waals surface area (Å²) in [6.07, 6.45) is 0. The van der Waals surface area contributed by atoms with Gasteiger partial charge in [0.05, 0.1) is 11.5 Å². The van der Waals surface area contributed by atoms with E-state index in [-0.39, 0.29) is 21.9 Å². The summed E-state index contributed by atoms with van der Waals surface area (Å²) in [6.45, 7) is 26.1. The van der Waals surface area contributed by atoms with Gasteiger partial charge in [-0.2, -0.15) is 5.26 Å². The van der Waals surface area contributed by atoms with Crippen molar-refractivity contribution in [3.63, 3.8) is 0 Å². The van der Waals surface area contributed by atoms with Crippen LogP contribution in [0, 0.1) is 34.5 Å². The molecule has 0 saturated heterocycles. The van der Waals surface area contributed by atoms with Crippen LogP contribution in [0.4, 0.5) is 0 Å². The minimum atomic E-state index is -0.757. The number of aliphatic carboxylic acids is 1. The molecule has 0 aliphatic heterocycles. The molecule has 1 aromatic rings.